The summed E-state index contributed by atoms with van der Waals surface area (Å²) in [4.78, 5) is 27.9. The number of hydrogen-bond acceptors (Lipinski definition) is 6. The van der Waals surface area contributed by atoms with E-state index < -0.39 is 23.2 Å². The second-order valence-electron chi connectivity index (χ2n) is 11.9. The van der Waals surface area contributed by atoms with Gasteiger partial charge in [0.05, 0.1) is 29.3 Å². The summed E-state index contributed by atoms with van der Waals surface area (Å²) in [5.74, 6) is 0.841. The summed E-state index contributed by atoms with van der Waals surface area (Å²) in [6.45, 7) is 22.3. The predicted molar refractivity (Wildman–Crippen MR) is 144 cm³/mol. The van der Waals surface area contributed by atoms with Crippen molar-refractivity contribution in [2.45, 2.75) is 144 Å². The van der Waals surface area contributed by atoms with Crippen molar-refractivity contribution in [3.63, 3.8) is 0 Å². The van der Waals surface area contributed by atoms with Crippen molar-refractivity contribution in [2.24, 2.45) is 17.8 Å². The molecule has 0 radical (unpaired) electrons. The molecule has 0 spiro atoms. The molecule has 0 bridgehead atoms. The van der Waals surface area contributed by atoms with E-state index in [1.165, 1.54) is 0 Å². The molecular formula is C28H57N3O3. The van der Waals surface area contributed by atoms with E-state index in [0.717, 1.165) is 19.3 Å². The van der Waals surface area contributed by atoms with Gasteiger partial charge in [-0.15, -0.1) is 0 Å². The van der Waals surface area contributed by atoms with Gasteiger partial charge >= 0.3 is 0 Å². The Morgan fingerprint density at radius 3 is 1.74 bits per heavy atom. The van der Waals surface area contributed by atoms with E-state index in [9.17, 15) is 14.7 Å². The van der Waals surface area contributed by atoms with Crippen LogP contribution in [0, 0.1) is 17.8 Å². The minimum Gasteiger partial charge on any atom is -0.391 e. The molecule has 0 heterocycles. The number of aliphatic hydroxyl groups excluding tert-OH is 1. The van der Waals surface area contributed by atoms with Gasteiger partial charge in [-0.2, -0.15) is 0 Å². The molecule has 202 valence electrons. The molecule has 0 aliphatic carbocycles. The smallest absolute Gasteiger partial charge is 0.172 e. The Bertz CT molecular complexity index is 622. The highest BCUT2D eigenvalue weighted by molar-refractivity contribution is 5.96. The third kappa shape index (κ3) is 9.67. The Morgan fingerprint density at radius 2 is 1.35 bits per heavy atom. The van der Waals surface area contributed by atoms with E-state index in [0.29, 0.717) is 18.8 Å². The summed E-state index contributed by atoms with van der Waals surface area (Å²) in [7, 11) is 1.80. The van der Waals surface area contributed by atoms with Gasteiger partial charge in [0.1, 0.15) is 0 Å². The zero-order valence-corrected chi connectivity index (χ0v) is 24.3. The fourth-order valence-electron chi connectivity index (χ4n) is 4.59. The molecular weight excluding hydrogens is 426 g/mol. The van der Waals surface area contributed by atoms with Crippen LogP contribution in [0.2, 0.25) is 0 Å². The number of rotatable bonds is 18. The van der Waals surface area contributed by atoms with Crippen molar-refractivity contribution in [3.8, 4) is 0 Å². The Labute approximate surface area is 210 Å². The first-order chi connectivity index (χ1) is 15.6. The van der Waals surface area contributed by atoms with Crippen LogP contribution in [-0.2, 0) is 9.59 Å². The average Bonchev–Trinajstić information content (AvgIpc) is 2.76. The van der Waals surface area contributed by atoms with Crippen molar-refractivity contribution in [2.75, 3.05) is 7.05 Å². The Morgan fingerprint density at radius 1 is 0.824 bits per heavy atom. The van der Waals surface area contributed by atoms with Crippen LogP contribution in [0.15, 0.2) is 0 Å². The molecule has 0 fully saturated rings. The van der Waals surface area contributed by atoms with E-state index >= 15 is 0 Å². The maximum atomic E-state index is 14.1. The van der Waals surface area contributed by atoms with Crippen LogP contribution in [0.3, 0.4) is 0 Å². The molecule has 4 N–H and O–H groups in total. The highest BCUT2D eigenvalue weighted by Crippen LogP contribution is 2.27. The molecule has 6 nitrogen and oxygen atoms in total. The third-order valence-corrected chi connectivity index (χ3v) is 7.49. The van der Waals surface area contributed by atoms with Crippen LogP contribution >= 0.6 is 0 Å². The number of hydrogen-bond donors (Lipinski definition) is 4. The summed E-state index contributed by atoms with van der Waals surface area (Å²) < 4.78 is 0. The molecule has 0 aromatic rings. The molecule has 0 aliphatic heterocycles. The number of nitrogens with one attached hydrogen (secondary N) is 3. The van der Waals surface area contributed by atoms with Gasteiger partial charge in [-0.25, -0.2) is 0 Å². The number of carbonyl (C=O) groups excluding carboxylic acids is 2. The third-order valence-electron chi connectivity index (χ3n) is 7.49. The van der Waals surface area contributed by atoms with Crippen molar-refractivity contribution >= 4 is 11.6 Å². The van der Waals surface area contributed by atoms with Crippen LogP contribution in [-0.4, -0.2) is 59.0 Å². The monoisotopic (exact) mass is 483 g/mol. The van der Waals surface area contributed by atoms with Crippen LogP contribution in [0.5, 0.6) is 0 Å². The van der Waals surface area contributed by atoms with Gasteiger partial charge in [0.2, 0.25) is 0 Å². The Hall–Kier alpha value is -0.820. The van der Waals surface area contributed by atoms with E-state index in [1.54, 1.807) is 14.0 Å². The van der Waals surface area contributed by atoms with Crippen LogP contribution in [0.4, 0.5) is 0 Å². The summed E-state index contributed by atoms with van der Waals surface area (Å²) in [5.41, 5.74) is -1.74. The van der Waals surface area contributed by atoms with Crippen molar-refractivity contribution < 1.29 is 14.7 Å². The summed E-state index contributed by atoms with van der Waals surface area (Å²) in [5, 5.41) is 20.9. The zero-order valence-electron chi connectivity index (χ0n) is 24.3. The normalized spacial score (nSPS) is 20.3. The SMILES string of the molecule is CCC(C)NC(C(=O)C(C)(CC(C)C)NC(C(=O)C(C)(CCC(C)C)NC)C(C)O)C(C)CC. The van der Waals surface area contributed by atoms with E-state index in [4.69, 9.17) is 0 Å². The summed E-state index contributed by atoms with van der Waals surface area (Å²) in [6.07, 6.45) is 3.03. The first-order valence-electron chi connectivity index (χ1n) is 13.6. The average molecular weight is 484 g/mol. The minimum absolute atomic E-state index is 0.0719. The van der Waals surface area contributed by atoms with Gasteiger partial charge in [0.15, 0.2) is 11.6 Å². The topological polar surface area (TPSA) is 90.5 Å². The van der Waals surface area contributed by atoms with Gasteiger partial charge in [0.25, 0.3) is 0 Å². The highest BCUT2D eigenvalue weighted by atomic mass is 16.3. The van der Waals surface area contributed by atoms with Crippen molar-refractivity contribution in [3.05, 3.63) is 0 Å². The maximum absolute atomic E-state index is 14.1. The van der Waals surface area contributed by atoms with E-state index in [-0.39, 0.29) is 35.5 Å². The van der Waals surface area contributed by atoms with Crippen LogP contribution < -0.4 is 16.0 Å². The van der Waals surface area contributed by atoms with E-state index in [2.05, 4.69) is 71.3 Å². The van der Waals surface area contributed by atoms with Crippen LogP contribution in [0.25, 0.3) is 0 Å². The lowest BCUT2D eigenvalue weighted by molar-refractivity contribution is -0.134. The number of aliphatic hydroxyl groups is 1. The standard InChI is InChI=1S/C28H57N3O3/c1-13-20(7)23(30-21(8)14-2)25(33)28(11,17-19(5)6)31-24(22(9)32)26(34)27(10,29-12)16-15-18(3)4/h18-24,29-32H,13-17H2,1-12H3. The number of ketones is 2. The number of Topliss-reactive ketones (excluding diaryl/α,β-unsaturated/α-hetero) is 2. The molecule has 0 aromatic heterocycles. The molecule has 0 aromatic carbocycles. The molecule has 7 unspecified atom stereocenters. The molecule has 6 heteroatoms. The molecule has 0 aliphatic rings. The molecule has 7 atom stereocenters. The Balaban J connectivity index is 6.27. The maximum Gasteiger partial charge on any atom is 0.172 e. The zero-order chi connectivity index (χ0) is 26.9. The quantitative estimate of drug-likeness (QED) is 0.230. The lowest BCUT2D eigenvalue weighted by Crippen LogP contribution is -2.67. The van der Waals surface area contributed by atoms with E-state index in [1.807, 2.05) is 13.8 Å². The van der Waals surface area contributed by atoms with Gasteiger partial charge in [-0.1, -0.05) is 54.9 Å². The second kappa shape index (κ2) is 14.7. The van der Waals surface area contributed by atoms with Gasteiger partial charge in [-0.05, 0) is 78.2 Å². The number of likely N-dealkylation sites (N-methyl/N-ethyl adjacent to an activating group) is 1. The Kier molecular flexibility index (Phi) is 14.3. The predicted octanol–water partition coefficient (Wildman–Crippen LogP) is 4.49. The molecule has 0 saturated heterocycles. The molecule has 0 rings (SSSR count). The van der Waals surface area contributed by atoms with Crippen LogP contribution in [0.1, 0.15) is 108 Å². The molecule has 0 amide bonds. The fourth-order valence-corrected chi connectivity index (χ4v) is 4.59. The van der Waals surface area contributed by atoms with Gasteiger partial charge < -0.3 is 15.7 Å². The van der Waals surface area contributed by atoms with Gasteiger partial charge in [-0.3, -0.25) is 14.9 Å². The largest absolute Gasteiger partial charge is 0.391 e. The summed E-state index contributed by atoms with van der Waals surface area (Å²) in [6, 6.07) is -0.958. The molecule has 0 saturated carbocycles. The lowest BCUT2D eigenvalue weighted by atomic mass is 9.77. The first-order valence-corrected chi connectivity index (χ1v) is 13.6. The lowest BCUT2D eigenvalue weighted by Gasteiger charge is -2.42. The highest BCUT2D eigenvalue weighted by Gasteiger charge is 2.46. The van der Waals surface area contributed by atoms with Crippen molar-refractivity contribution in [1.82, 2.24) is 16.0 Å². The minimum atomic E-state index is -0.952. The van der Waals surface area contributed by atoms with Gasteiger partial charge in [0, 0.05) is 6.04 Å². The fraction of sp³-hybridized carbons (Fsp3) is 0.929. The molecule has 34 heavy (non-hydrogen) atoms. The second-order valence-corrected chi connectivity index (χ2v) is 11.9. The first kappa shape index (κ1) is 33.2. The van der Waals surface area contributed by atoms with Crippen molar-refractivity contribution in [1.29, 1.82) is 0 Å². The number of carbonyl (C=O) groups is 2. The summed E-state index contributed by atoms with van der Waals surface area (Å²) >= 11 is 0.